The Labute approximate surface area is 97.7 Å². The van der Waals surface area contributed by atoms with Crippen molar-refractivity contribution in [3.05, 3.63) is 42.7 Å². The lowest BCUT2D eigenvalue weighted by molar-refractivity contribution is 0.476. The Morgan fingerprint density at radius 2 is 2.06 bits per heavy atom. The molecule has 4 heteroatoms. The second-order valence-electron chi connectivity index (χ2n) is 3.91. The van der Waals surface area contributed by atoms with Crippen molar-refractivity contribution in [2.24, 2.45) is 0 Å². The van der Waals surface area contributed by atoms with Crippen molar-refractivity contribution in [3.63, 3.8) is 0 Å². The van der Waals surface area contributed by atoms with Crippen molar-refractivity contribution in [1.29, 1.82) is 0 Å². The van der Waals surface area contributed by atoms with E-state index in [1.807, 2.05) is 24.4 Å². The number of aromatic nitrogens is 2. The molecule has 84 valence electrons. The van der Waals surface area contributed by atoms with Crippen LogP contribution in [0.3, 0.4) is 0 Å². The number of hydrogen-bond donors (Lipinski definition) is 3. The molecule has 4 N–H and O–H groups in total. The van der Waals surface area contributed by atoms with E-state index in [9.17, 15) is 5.11 Å². The minimum atomic E-state index is 0.246. The number of nitrogens with two attached hydrogens (primary N) is 1. The number of nitrogens with one attached hydrogen (secondary N) is 1. The number of H-pyrrole nitrogens is 1. The predicted octanol–water partition coefficient (Wildman–Crippen LogP) is 2.52. The molecule has 17 heavy (non-hydrogen) atoms. The number of phenols is 1. The molecule has 3 aromatic rings. The van der Waals surface area contributed by atoms with Gasteiger partial charge in [0.25, 0.3) is 0 Å². The first-order valence-electron chi connectivity index (χ1n) is 5.26. The molecule has 0 bridgehead atoms. The van der Waals surface area contributed by atoms with Gasteiger partial charge in [0.15, 0.2) is 0 Å². The van der Waals surface area contributed by atoms with Gasteiger partial charge in [0.2, 0.25) is 0 Å². The van der Waals surface area contributed by atoms with Gasteiger partial charge in [-0.3, -0.25) is 4.98 Å². The minimum Gasteiger partial charge on any atom is -0.508 e. The molecule has 0 radical (unpaired) electrons. The second kappa shape index (κ2) is 3.52. The number of rotatable bonds is 1. The Morgan fingerprint density at radius 1 is 1.18 bits per heavy atom. The first-order chi connectivity index (χ1) is 8.24. The van der Waals surface area contributed by atoms with Crippen molar-refractivity contribution < 1.29 is 5.11 Å². The van der Waals surface area contributed by atoms with Gasteiger partial charge in [0, 0.05) is 28.7 Å². The molecule has 0 amide bonds. The molecule has 2 aromatic heterocycles. The van der Waals surface area contributed by atoms with Crippen LogP contribution in [-0.2, 0) is 0 Å². The normalized spacial score (nSPS) is 10.8. The summed E-state index contributed by atoms with van der Waals surface area (Å²) in [4.78, 5) is 7.40. The van der Waals surface area contributed by atoms with E-state index >= 15 is 0 Å². The van der Waals surface area contributed by atoms with Crippen molar-refractivity contribution in [3.8, 4) is 17.0 Å². The van der Waals surface area contributed by atoms with Crippen LogP contribution in [0.5, 0.6) is 5.75 Å². The summed E-state index contributed by atoms with van der Waals surface area (Å²) >= 11 is 0. The third-order valence-electron chi connectivity index (χ3n) is 2.73. The number of anilines is 1. The van der Waals surface area contributed by atoms with Gasteiger partial charge < -0.3 is 15.8 Å². The lowest BCUT2D eigenvalue weighted by atomic mass is 10.1. The number of phenolic OH excluding ortho intramolecular Hbond substituents is 1. The summed E-state index contributed by atoms with van der Waals surface area (Å²) < 4.78 is 0. The van der Waals surface area contributed by atoms with E-state index in [4.69, 9.17) is 5.73 Å². The molecule has 0 saturated carbocycles. The smallest absolute Gasteiger partial charge is 0.117 e. The highest BCUT2D eigenvalue weighted by atomic mass is 16.3. The fourth-order valence-electron chi connectivity index (χ4n) is 1.89. The molecule has 0 unspecified atom stereocenters. The zero-order valence-electron chi connectivity index (χ0n) is 9.01. The Hall–Kier alpha value is -2.49. The van der Waals surface area contributed by atoms with Gasteiger partial charge in [-0.1, -0.05) is 0 Å². The third kappa shape index (κ3) is 1.59. The number of aromatic hydroxyl groups is 1. The zero-order valence-corrected chi connectivity index (χ0v) is 9.01. The number of hydrogen-bond acceptors (Lipinski definition) is 3. The maximum Gasteiger partial charge on any atom is 0.117 e. The fourth-order valence-corrected chi connectivity index (χ4v) is 1.89. The molecular weight excluding hydrogens is 214 g/mol. The first kappa shape index (κ1) is 9.72. The molecule has 0 aliphatic heterocycles. The van der Waals surface area contributed by atoms with E-state index in [1.54, 1.807) is 18.3 Å². The summed E-state index contributed by atoms with van der Waals surface area (Å²) in [6.07, 6.45) is 3.51. The van der Waals surface area contributed by atoms with Gasteiger partial charge in [-0.2, -0.15) is 0 Å². The zero-order chi connectivity index (χ0) is 11.8. The summed E-state index contributed by atoms with van der Waals surface area (Å²) in [5, 5.41) is 10.4. The van der Waals surface area contributed by atoms with Gasteiger partial charge in [-0.05, 0) is 24.3 Å². The SMILES string of the molecule is Nc1ccc(-c2c[nH]c3cc(O)ccc23)nc1. The molecule has 0 fully saturated rings. The van der Waals surface area contributed by atoms with E-state index in [-0.39, 0.29) is 5.75 Å². The summed E-state index contributed by atoms with van der Waals surface area (Å²) in [6, 6.07) is 8.92. The van der Waals surface area contributed by atoms with Gasteiger partial charge in [0.05, 0.1) is 17.6 Å². The van der Waals surface area contributed by atoms with Crippen molar-refractivity contribution in [2.45, 2.75) is 0 Å². The molecule has 0 aliphatic rings. The average molecular weight is 225 g/mol. The lowest BCUT2D eigenvalue weighted by Crippen LogP contribution is -1.87. The van der Waals surface area contributed by atoms with Crippen molar-refractivity contribution in [1.82, 2.24) is 9.97 Å². The van der Waals surface area contributed by atoms with E-state index in [1.165, 1.54) is 0 Å². The molecule has 1 aromatic carbocycles. The Bertz CT molecular complexity index is 671. The number of nitrogens with zero attached hydrogens (tertiary/aromatic N) is 1. The molecule has 0 saturated heterocycles. The Balaban J connectivity index is 2.21. The quantitative estimate of drug-likeness (QED) is 0.595. The number of benzene rings is 1. The summed E-state index contributed by atoms with van der Waals surface area (Å²) in [7, 11) is 0. The third-order valence-corrected chi connectivity index (χ3v) is 2.73. The van der Waals surface area contributed by atoms with Crippen LogP contribution in [0.15, 0.2) is 42.7 Å². The van der Waals surface area contributed by atoms with Crippen LogP contribution in [0.25, 0.3) is 22.2 Å². The highest BCUT2D eigenvalue weighted by Crippen LogP contribution is 2.29. The first-order valence-corrected chi connectivity index (χ1v) is 5.26. The molecular formula is C13H11N3O. The predicted molar refractivity (Wildman–Crippen MR) is 67.6 cm³/mol. The second-order valence-corrected chi connectivity index (χ2v) is 3.91. The fraction of sp³-hybridized carbons (Fsp3) is 0. The maximum absolute atomic E-state index is 9.39. The van der Waals surface area contributed by atoms with Gasteiger partial charge in [-0.15, -0.1) is 0 Å². The summed E-state index contributed by atoms with van der Waals surface area (Å²) in [5.74, 6) is 0.246. The molecule has 2 heterocycles. The van der Waals surface area contributed by atoms with Gasteiger partial charge in [0.1, 0.15) is 5.75 Å². The van der Waals surface area contributed by atoms with Crippen LogP contribution >= 0.6 is 0 Å². The van der Waals surface area contributed by atoms with Crippen LogP contribution in [0.1, 0.15) is 0 Å². The van der Waals surface area contributed by atoms with Crippen LogP contribution in [0.4, 0.5) is 5.69 Å². The van der Waals surface area contributed by atoms with E-state index in [0.29, 0.717) is 5.69 Å². The molecule has 0 aliphatic carbocycles. The van der Waals surface area contributed by atoms with Gasteiger partial charge >= 0.3 is 0 Å². The van der Waals surface area contributed by atoms with Crippen molar-refractivity contribution >= 4 is 16.6 Å². The van der Waals surface area contributed by atoms with E-state index in [0.717, 1.165) is 22.2 Å². The number of pyridine rings is 1. The van der Waals surface area contributed by atoms with Gasteiger partial charge in [-0.25, -0.2) is 0 Å². The molecule has 4 nitrogen and oxygen atoms in total. The lowest BCUT2D eigenvalue weighted by Gasteiger charge is -1.99. The number of fused-ring (bicyclic) bond motifs is 1. The van der Waals surface area contributed by atoms with E-state index in [2.05, 4.69) is 9.97 Å². The Morgan fingerprint density at radius 3 is 2.82 bits per heavy atom. The maximum atomic E-state index is 9.39. The highest BCUT2D eigenvalue weighted by Gasteiger charge is 2.07. The van der Waals surface area contributed by atoms with Crippen LogP contribution < -0.4 is 5.73 Å². The minimum absolute atomic E-state index is 0.246. The topological polar surface area (TPSA) is 74.9 Å². The molecule has 0 spiro atoms. The standard InChI is InChI=1S/C13H11N3O/c14-8-1-4-12(15-6-8)11-7-16-13-5-9(17)2-3-10(11)13/h1-7,16-17H,14H2. The molecule has 3 rings (SSSR count). The summed E-state index contributed by atoms with van der Waals surface area (Å²) in [6.45, 7) is 0. The average Bonchev–Trinajstić information content (AvgIpc) is 2.73. The Kier molecular flexibility index (Phi) is 2.01. The molecule has 0 atom stereocenters. The van der Waals surface area contributed by atoms with Crippen LogP contribution in [0, 0.1) is 0 Å². The monoisotopic (exact) mass is 225 g/mol. The highest BCUT2D eigenvalue weighted by molar-refractivity contribution is 5.95. The van der Waals surface area contributed by atoms with E-state index < -0.39 is 0 Å². The number of aromatic amines is 1. The van der Waals surface area contributed by atoms with Crippen LogP contribution in [0.2, 0.25) is 0 Å². The van der Waals surface area contributed by atoms with Crippen LogP contribution in [-0.4, -0.2) is 15.1 Å². The number of nitrogen functional groups attached to an aromatic ring is 1. The van der Waals surface area contributed by atoms with Crippen molar-refractivity contribution in [2.75, 3.05) is 5.73 Å². The largest absolute Gasteiger partial charge is 0.508 e. The summed E-state index contributed by atoms with van der Waals surface area (Å²) in [5.41, 5.74) is 9.00.